The number of hydrazone groups is 1. The lowest BCUT2D eigenvalue weighted by Gasteiger charge is -2.02. The Hall–Kier alpha value is -2.66. The number of benzene rings is 2. The van der Waals surface area contributed by atoms with Gasteiger partial charge in [-0.2, -0.15) is 5.10 Å². The number of carbonyl (C=O) groups excluding carboxylic acids is 2. The molecular formula is C17H15ClN2O3. The largest absolute Gasteiger partial charge is 0.427 e. The van der Waals surface area contributed by atoms with Gasteiger partial charge in [-0.1, -0.05) is 23.7 Å². The van der Waals surface area contributed by atoms with Crippen molar-refractivity contribution in [1.82, 2.24) is 5.43 Å². The highest BCUT2D eigenvalue weighted by molar-refractivity contribution is 6.30. The Kier molecular flexibility index (Phi) is 5.88. The van der Waals surface area contributed by atoms with Gasteiger partial charge < -0.3 is 4.74 Å². The van der Waals surface area contributed by atoms with Crippen LogP contribution in [0.15, 0.2) is 53.6 Å². The molecule has 0 saturated heterocycles. The molecule has 0 spiro atoms. The fourth-order valence-corrected chi connectivity index (χ4v) is 1.92. The smallest absolute Gasteiger partial charge is 0.308 e. The van der Waals surface area contributed by atoms with Crippen LogP contribution in [0.5, 0.6) is 5.75 Å². The summed E-state index contributed by atoms with van der Waals surface area (Å²) < 4.78 is 4.92. The van der Waals surface area contributed by atoms with Crippen molar-refractivity contribution < 1.29 is 14.3 Å². The van der Waals surface area contributed by atoms with Crippen LogP contribution in [0.1, 0.15) is 18.1 Å². The van der Waals surface area contributed by atoms with Gasteiger partial charge in [0.25, 0.3) is 0 Å². The van der Waals surface area contributed by atoms with E-state index in [4.69, 9.17) is 16.3 Å². The SMILES string of the molecule is CC(=O)Oc1ccc(/C=N\NC(=O)Cc2ccc(Cl)cc2)cc1. The van der Waals surface area contributed by atoms with Crippen LogP contribution in [0.25, 0.3) is 0 Å². The number of amides is 1. The second-order valence-electron chi connectivity index (χ2n) is 4.76. The van der Waals surface area contributed by atoms with Crippen LogP contribution >= 0.6 is 11.6 Å². The first-order chi connectivity index (χ1) is 11.0. The number of nitrogens with zero attached hydrogens (tertiary/aromatic N) is 1. The van der Waals surface area contributed by atoms with E-state index in [9.17, 15) is 9.59 Å². The van der Waals surface area contributed by atoms with Gasteiger partial charge in [0.05, 0.1) is 12.6 Å². The second kappa shape index (κ2) is 8.10. The van der Waals surface area contributed by atoms with Crippen molar-refractivity contribution >= 4 is 29.7 Å². The highest BCUT2D eigenvalue weighted by Crippen LogP contribution is 2.11. The third kappa shape index (κ3) is 5.92. The number of carbonyl (C=O) groups is 2. The van der Waals surface area contributed by atoms with Crippen LogP contribution < -0.4 is 10.2 Å². The Labute approximate surface area is 138 Å². The number of nitrogens with one attached hydrogen (secondary N) is 1. The number of ether oxygens (including phenoxy) is 1. The van der Waals surface area contributed by atoms with E-state index in [2.05, 4.69) is 10.5 Å². The van der Waals surface area contributed by atoms with Crippen LogP contribution in [0.2, 0.25) is 5.02 Å². The number of halogens is 1. The first-order valence-corrected chi connectivity index (χ1v) is 7.25. The van der Waals surface area contributed by atoms with Crippen LogP contribution in [0, 0.1) is 0 Å². The maximum atomic E-state index is 11.7. The van der Waals surface area contributed by atoms with E-state index in [1.54, 1.807) is 48.5 Å². The number of hydrogen-bond donors (Lipinski definition) is 1. The molecule has 6 heteroatoms. The molecule has 2 aromatic carbocycles. The number of esters is 1. The Morgan fingerprint density at radius 1 is 1.13 bits per heavy atom. The first kappa shape index (κ1) is 16.7. The molecule has 1 N–H and O–H groups in total. The number of rotatable bonds is 5. The lowest BCUT2D eigenvalue weighted by atomic mass is 10.1. The average Bonchev–Trinajstić information content (AvgIpc) is 2.51. The van der Waals surface area contributed by atoms with Gasteiger partial charge in [0, 0.05) is 11.9 Å². The first-order valence-electron chi connectivity index (χ1n) is 6.88. The van der Waals surface area contributed by atoms with Crippen molar-refractivity contribution in [3.05, 3.63) is 64.7 Å². The van der Waals surface area contributed by atoms with E-state index in [-0.39, 0.29) is 18.3 Å². The van der Waals surface area contributed by atoms with Crippen molar-refractivity contribution in [3.63, 3.8) is 0 Å². The molecule has 0 aliphatic carbocycles. The van der Waals surface area contributed by atoms with Gasteiger partial charge in [-0.25, -0.2) is 5.43 Å². The van der Waals surface area contributed by atoms with Crippen molar-refractivity contribution in [2.75, 3.05) is 0 Å². The van der Waals surface area contributed by atoms with Crippen molar-refractivity contribution in [1.29, 1.82) is 0 Å². The van der Waals surface area contributed by atoms with Crippen LogP contribution in [-0.2, 0) is 16.0 Å². The zero-order valence-electron chi connectivity index (χ0n) is 12.5. The lowest BCUT2D eigenvalue weighted by Crippen LogP contribution is -2.19. The fourth-order valence-electron chi connectivity index (χ4n) is 1.79. The summed E-state index contributed by atoms with van der Waals surface area (Å²) in [5.74, 6) is -0.137. The molecule has 0 heterocycles. The van der Waals surface area contributed by atoms with Crippen molar-refractivity contribution in [3.8, 4) is 5.75 Å². The van der Waals surface area contributed by atoms with Gasteiger partial charge in [0.15, 0.2) is 0 Å². The van der Waals surface area contributed by atoms with E-state index in [0.29, 0.717) is 10.8 Å². The van der Waals surface area contributed by atoms with E-state index in [1.165, 1.54) is 13.1 Å². The Bertz CT molecular complexity index is 710. The average molecular weight is 331 g/mol. The maximum absolute atomic E-state index is 11.7. The quantitative estimate of drug-likeness (QED) is 0.396. The molecule has 5 nitrogen and oxygen atoms in total. The van der Waals surface area contributed by atoms with Crippen LogP contribution in [-0.4, -0.2) is 18.1 Å². The Morgan fingerprint density at radius 2 is 1.78 bits per heavy atom. The molecule has 1 amide bonds. The molecule has 118 valence electrons. The van der Waals surface area contributed by atoms with Crippen molar-refractivity contribution in [2.24, 2.45) is 5.10 Å². The molecule has 23 heavy (non-hydrogen) atoms. The summed E-state index contributed by atoms with van der Waals surface area (Å²) in [6, 6.07) is 13.8. The lowest BCUT2D eigenvalue weighted by molar-refractivity contribution is -0.131. The molecule has 2 aromatic rings. The molecule has 0 fully saturated rings. The van der Waals surface area contributed by atoms with Gasteiger partial charge in [-0.3, -0.25) is 9.59 Å². The molecule has 0 aromatic heterocycles. The zero-order chi connectivity index (χ0) is 16.7. The topological polar surface area (TPSA) is 67.8 Å². The van der Waals surface area contributed by atoms with Crippen molar-refractivity contribution in [2.45, 2.75) is 13.3 Å². The standard InChI is InChI=1S/C17H15ClN2O3/c1-12(21)23-16-8-4-14(5-9-16)11-19-20-17(22)10-13-2-6-15(18)7-3-13/h2-9,11H,10H2,1H3,(H,20,22)/b19-11-. The summed E-state index contributed by atoms with van der Waals surface area (Å²) in [4.78, 5) is 22.6. The fraction of sp³-hybridized carbons (Fsp3) is 0.118. The summed E-state index contributed by atoms with van der Waals surface area (Å²) in [5, 5.41) is 4.52. The minimum Gasteiger partial charge on any atom is -0.427 e. The van der Waals surface area contributed by atoms with Gasteiger partial charge in [0.2, 0.25) is 5.91 Å². The summed E-state index contributed by atoms with van der Waals surface area (Å²) in [6.07, 6.45) is 1.73. The molecule has 0 aliphatic heterocycles. The molecule has 0 radical (unpaired) electrons. The van der Waals surface area contributed by atoms with E-state index >= 15 is 0 Å². The molecule has 2 rings (SSSR count). The summed E-state index contributed by atoms with van der Waals surface area (Å²) in [6.45, 7) is 1.34. The minimum absolute atomic E-state index is 0.222. The molecule has 0 unspecified atom stereocenters. The Balaban J connectivity index is 1.84. The van der Waals surface area contributed by atoms with Gasteiger partial charge in [-0.05, 0) is 47.5 Å². The monoisotopic (exact) mass is 330 g/mol. The minimum atomic E-state index is -0.374. The molecular weight excluding hydrogens is 316 g/mol. The van der Waals surface area contributed by atoms with Crippen LogP contribution in [0.3, 0.4) is 0 Å². The highest BCUT2D eigenvalue weighted by Gasteiger charge is 2.02. The van der Waals surface area contributed by atoms with E-state index in [0.717, 1.165) is 11.1 Å². The third-order valence-corrected chi connectivity index (χ3v) is 3.07. The zero-order valence-corrected chi connectivity index (χ0v) is 13.2. The normalized spacial score (nSPS) is 10.5. The second-order valence-corrected chi connectivity index (χ2v) is 5.20. The van der Waals surface area contributed by atoms with Crippen LogP contribution in [0.4, 0.5) is 0 Å². The summed E-state index contributed by atoms with van der Waals surface area (Å²) >= 11 is 5.79. The molecule has 0 atom stereocenters. The third-order valence-electron chi connectivity index (χ3n) is 2.82. The predicted molar refractivity (Wildman–Crippen MR) is 88.6 cm³/mol. The molecule has 0 saturated carbocycles. The predicted octanol–water partition coefficient (Wildman–Crippen LogP) is 2.96. The van der Waals surface area contributed by atoms with E-state index in [1.807, 2.05) is 0 Å². The maximum Gasteiger partial charge on any atom is 0.308 e. The summed E-state index contributed by atoms with van der Waals surface area (Å²) in [5.41, 5.74) is 4.08. The Morgan fingerprint density at radius 3 is 2.39 bits per heavy atom. The van der Waals surface area contributed by atoms with Gasteiger partial charge in [0.1, 0.15) is 5.75 Å². The molecule has 0 bridgehead atoms. The molecule has 0 aliphatic rings. The number of hydrogen-bond acceptors (Lipinski definition) is 4. The van der Waals surface area contributed by atoms with Gasteiger partial charge in [-0.15, -0.1) is 0 Å². The highest BCUT2D eigenvalue weighted by atomic mass is 35.5. The summed E-state index contributed by atoms with van der Waals surface area (Å²) in [7, 11) is 0. The van der Waals surface area contributed by atoms with Gasteiger partial charge >= 0.3 is 5.97 Å². The van der Waals surface area contributed by atoms with E-state index < -0.39 is 0 Å².